The number of nitrogens with zero attached hydrogens (tertiary/aromatic N) is 4. The lowest BCUT2D eigenvalue weighted by Crippen LogP contribution is -2.48. The summed E-state index contributed by atoms with van der Waals surface area (Å²) >= 11 is 0. The van der Waals surface area contributed by atoms with E-state index in [1.807, 2.05) is 29.2 Å². The first-order chi connectivity index (χ1) is 12.6. The molecule has 7 heteroatoms. The zero-order chi connectivity index (χ0) is 18.5. The molecule has 3 rings (SSSR count). The number of rotatable bonds is 5. The van der Waals surface area contributed by atoms with Gasteiger partial charge in [-0.1, -0.05) is 6.92 Å². The predicted molar refractivity (Wildman–Crippen MR) is 101 cm³/mol. The number of methoxy groups -OCH3 is 1. The number of piperazine rings is 1. The molecule has 1 aromatic heterocycles. The molecular formula is C19H25N5O2. The van der Waals surface area contributed by atoms with Crippen LogP contribution in [-0.2, 0) is 0 Å². The summed E-state index contributed by atoms with van der Waals surface area (Å²) in [5.74, 6) is 1.93. The Hall–Kier alpha value is -2.67. The maximum atomic E-state index is 12.8. The topological polar surface area (TPSA) is 70.6 Å². The van der Waals surface area contributed by atoms with Gasteiger partial charge >= 0.3 is 0 Å². The van der Waals surface area contributed by atoms with Crippen molar-refractivity contribution in [3.05, 3.63) is 41.9 Å². The summed E-state index contributed by atoms with van der Waals surface area (Å²) in [6.45, 7) is 8.23. The average molecular weight is 355 g/mol. The number of anilines is 2. The fourth-order valence-corrected chi connectivity index (χ4v) is 2.99. The van der Waals surface area contributed by atoms with Crippen molar-refractivity contribution in [1.29, 1.82) is 0 Å². The van der Waals surface area contributed by atoms with Crippen LogP contribution < -0.4 is 10.1 Å². The molecule has 0 bridgehead atoms. The molecule has 1 saturated heterocycles. The molecule has 0 atom stereocenters. The third kappa shape index (κ3) is 4.29. The number of hydrogen-bond donors (Lipinski definition) is 1. The van der Waals surface area contributed by atoms with Gasteiger partial charge in [0.05, 0.1) is 7.11 Å². The van der Waals surface area contributed by atoms with Crippen LogP contribution in [0, 0.1) is 6.92 Å². The van der Waals surface area contributed by atoms with E-state index in [9.17, 15) is 4.79 Å². The molecular weight excluding hydrogens is 330 g/mol. The van der Waals surface area contributed by atoms with Gasteiger partial charge in [0.2, 0.25) is 0 Å². The van der Waals surface area contributed by atoms with Gasteiger partial charge in [-0.25, -0.2) is 9.97 Å². The Morgan fingerprint density at radius 2 is 1.85 bits per heavy atom. The first-order valence-electron chi connectivity index (χ1n) is 8.87. The second-order valence-corrected chi connectivity index (χ2v) is 6.27. The van der Waals surface area contributed by atoms with Gasteiger partial charge in [-0.3, -0.25) is 4.79 Å². The summed E-state index contributed by atoms with van der Waals surface area (Å²) in [6.07, 6.45) is 0. The molecule has 138 valence electrons. The largest absolute Gasteiger partial charge is 0.497 e. The molecule has 1 aromatic carbocycles. The highest BCUT2D eigenvalue weighted by Gasteiger charge is 2.23. The quantitative estimate of drug-likeness (QED) is 0.888. The van der Waals surface area contributed by atoms with Gasteiger partial charge in [-0.05, 0) is 37.7 Å². The molecule has 1 N–H and O–H groups in total. The highest BCUT2D eigenvalue weighted by atomic mass is 16.5. The van der Waals surface area contributed by atoms with E-state index < -0.39 is 0 Å². The summed E-state index contributed by atoms with van der Waals surface area (Å²) in [5.41, 5.74) is 1.30. The highest BCUT2D eigenvalue weighted by Crippen LogP contribution is 2.20. The number of carbonyl (C=O) groups is 1. The Kier molecular flexibility index (Phi) is 5.68. The maximum absolute atomic E-state index is 12.8. The predicted octanol–water partition coefficient (Wildman–Crippen LogP) is 2.31. The SMILES string of the molecule is CCN1CCN(C(=O)c2cc(Nc3ccc(OC)cc3)nc(C)n2)CC1. The molecule has 1 aliphatic rings. The Bertz CT molecular complexity index is 755. The molecule has 7 nitrogen and oxygen atoms in total. The molecule has 0 unspecified atom stereocenters. The van der Waals surface area contributed by atoms with Gasteiger partial charge in [0.25, 0.3) is 5.91 Å². The summed E-state index contributed by atoms with van der Waals surface area (Å²) < 4.78 is 5.16. The van der Waals surface area contributed by atoms with Crippen molar-refractivity contribution in [2.24, 2.45) is 0 Å². The Morgan fingerprint density at radius 3 is 2.46 bits per heavy atom. The molecule has 1 fully saturated rings. The number of aryl methyl sites for hydroxylation is 1. The van der Waals surface area contributed by atoms with E-state index in [-0.39, 0.29) is 5.91 Å². The molecule has 2 aromatic rings. The van der Waals surface area contributed by atoms with Crippen LogP contribution in [0.5, 0.6) is 5.75 Å². The number of carbonyl (C=O) groups excluding carboxylic acids is 1. The van der Waals surface area contributed by atoms with E-state index in [0.29, 0.717) is 17.3 Å². The minimum atomic E-state index is -0.0379. The van der Waals surface area contributed by atoms with Gasteiger partial charge in [0.1, 0.15) is 23.1 Å². The summed E-state index contributed by atoms with van der Waals surface area (Å²) in [6, 6.07) is 9.26. The molecule has 0 radical (unpaired) electrons. The third-order valence-corrected chi connectivity index (χ3v) is 4.53. The number of amides is 1. The van der Waals surface area contributed by atoms with Crippen LogP contribution >= 0.6 is 0 Å². The minimum Gasteiger partial charge on any atom is -0.497 e. The smallest absolute Gasteiger partial charge is 0.272 e. The van der Waals surface area contributed by atoms with Gasteiger partial charge in [0.15, 0.2) is 0 Å². The second-order valence-electron chi connectivity index (χ2n) is 6.27. The van der Waals surface area contributed by atoms with Crippen LogP contribution in [0.15, 0.2) is 30.3 Å². The molecule has 0 aliphatic carbocycles. The molecule has 26 heavy (non-hydrogen) atoms. The normalized spacial score (nSPS) is 15.0. The van der Waals surface area contributed by atoms with Crippen molar-refractivity contribution >= 4 is 17.4 Å². The second kappa shape index (κ2) is 8.14. The molecule has 1 amide bonds. The fourth-order valence-electron chi connectivity index (χ4n) is 2.99. The van der Waals surface area contributed by atoms with Gasteiger partial charge in [-0.2, -0.15) is 0 Å². The van der Waals surface area contributed by atoms with E-state index in [1.54, 1.807) is 20.1 Å². The van der Waals surface area contributed by atoms with Crippen molar-refractivity contribution in [1.82, 2.24) is 19.8 Å². The van der Waals surface area contributed by atoms with Crippen LogP contribution in [-0.4, -0.2) is 65.5 Å². The maximum Gasteiger partial charge on any atom is 0.272 e. The zero-order valence-corrected chi connectivity index (χ0v) is 15.5. The molecule has 0 saturated carbocycles. The van der Waals surface area contributed by atoms with Crippen LogP contribution in [0.4, 0.5) is 11.5 Å². The number of hydrogen-bond acceptors (Lipinski definition) is 6. The van der Waals surface area contributed by atoms with E-state index in [1.165, 1.54) is 0 Å². The standard InChI is InChI=1S/C19H25N5O2/c1-4-23-9-11-24(12-10-23)19(25)17-13-18(21-14(2)20-17)22-15-5-7-16(26-3)8-6-15/h5-8,13H,4,9-12H2,1-3H3,(H,20,21,22). The molecule has 0 spiro atoms. The summed E-state index contributed by atoms with van der Waals surface area (Å²) in [5, 5.41) is 3.22. The van der Waals surface area contributed by atoms with Crippen LogP contribution in [0.1, 0.15) is 23.2 Å². The lowest BCUT2D eigenvalue weighted by molar-refractivity contribution is 0.0637. The first kappa shape index (κ1) is 18.1. The van der Waals surface area contributed by atoms with Crippen molar-refractivity contribution in [2.45, 2.75) is 13.8 Å². The highest BCUT2D eigenvalue weighted by molar-refractivity contribution is 5.93. The Labute approximate surface area is 154 Å². The number of ether oxygens (including phenoxy) is 1. The average Bonchev–Trinajstić information content (AvgIpc) is 2.67. The van der Waals surface area contributed by atoms with Crippen molar-refractivity contribution in [3.8, 4) is 5.75 Å². The van der Waals surface area contributed by atoms with Crippen molar-refractivity contribution in [3.63, 3.8) is 0 Å². The van der Waals surface area contributed by atoms with E-state index in [0.717, 1.165) is 44.2 Å². The summed E-state index contributed by atoms with van der Waals surface area (Å²) in [4.78, 5) is 25.7. The van der Waals surface area contributed by atoms with Gasteiger partial charge in [0, 0.05) is 37.9 Å². The van der Waals surface area contributed by atoms with Crippen LogP contribution in [0.3, 0.4) is 0 Å². The number of nitrogens with one attached hydrogen (secondary N) is 1. The van der Waals surface area contributed by atoms with Crippen molar-refractivity contribution < 1.29 is 9.53 Å². The first-order valence-corrected chi connectivity index (χ1v) is 8.87. The number of benzene rings is 1. The zero-order valence-electron chi connectivity index (χ0n) is 15.5. The van der Waals surface area contributed by atoms with Crippen molar-refractivity contribution in [2.75, 3.05) is 45.2 Å². The molecule has 2 heterocycles. The Morgan fingerprint density at radius 1 is 1.15 bits per heavy atom. The third-order valence-electron chi connectivity index (χ3n) is 4.53. The van der Waals surface area contributed by atoms with Gasteiger partial charge < -0.3 is 19.9 Å². The number of aromatic nitrogens is 2. The van der Waals surface area contributed by atoms with E-state index >= 15 is 0 Å². The summed E-state index contributed by atoms with van der Waals surface area (Å²) in [7, 11) is 1.63. The van der Waals surface area contributed by atoms with Crippen LogP contribution in [0.2, 0.25) is 0 Å². The fraction of sp³-hybridized carbons (Fsp3) is 0.421. The lowest BCUT2D eigenvalue weighted by Gasteiger charge is -2.33. The Balaban J connectivity index is 1.73. The van der Waals surface area contributed by atoms with E-state index in [2.05, 4.69) is 27.1 Å². The minimum absolute atomic E-state index is 0.0379. The molecule has 1 aliphatic heterocycles. The monoisotopic (exact) mass is 355 g/mol. The lowest BCUT2D eigenvalue weighted by atomic mass is 10.2. The van der Waals surface area contributed by atoms with E-state index in [4.69, 9.17) is 4.74 Å². The van der Waals surface area contributed by atoms with Gasteiger partial charge in [-0.15, -0.1) is 0 Å². The van der Waals surface area contributed by atoms with Crippen LogP contribution in [0.25, 0.3) is 0 Å². The number of likely N-dealkylation sites (N-methyl/N-ethyl adjacent to an activating group) is 1.